The van der Waals surface area contributed by atoms with E-state index in [0.717, 1.165) is 0 Å². The van der Waals surface area contributed by atoms with Gasteiger partial charge >= 0.3 is 52.1 Å². The molecule has 0 rings (SSSR count). The van der Waals surface area contributed by atoms with Gasteiger partial charge in [-0.2, -0.15) is 0 Å². The Kier molecular flexibility index (Phi) is 20.4. The van der Waals surface area contributed by atoms with Crippen molar-refractivity contribution >= 4 is 19.1 Å². The van der Waals surface area contributed by atoms with Gasteiger partial charge in [-0.25, -0.2) is 0 Å². The van der Waals surface area contributed by atoms with Crippen LogP contribution >= 0.6 is 19.1 Å². The molecule has 0 aromatic heterocycles. The van der Waals surface area contributed by atoms with Crippen molar-refractivity contribution in [1.29, 1.82) is 0 Å². The zero-order valence-corrected chi connectivity index (χ0v) is 5.60. The normalized spacial score (nSPS) is 5.50. The van der Waals surface area contributed by atoms with Gasteiger partial charge in [0.15, 0.2) is 0 Å². The van der Waals surface area contributed by atoms with E-state index in [1.165, 1.54) is 0 Å². The average molecular weight is 233 g/mol. The molecule has 0 aliphatic heterocycles. The molecule has 0 aromatic rings. The van der Waals surface area contributed by atoms with Gasteiger partial charge in [-0.05, 0) is 0 Å². The fraction of sp³-hybridized carbons (Fsp3) is 0. The maximum Gasteiger partial charge on any atom is 2.00 e. The first-order valence-corrected chi connectivity index (χ1v) is 4.24. The van der Waals surface area contributed by atoms with Crippen molar-refractivity contribution in [2.45, 2.75) is 0 Å². The smallest absolute Gasteiger partial charge is 2.00 e. The third kappa shape index (κ3) is 9.24. The van der Waals surface area contributed by atoms with Crippen molar-refractivity contribution in [2.75, 3.05) is 0 Å². The summed E-state index contributed by atoms with van der Waals surface area (Å²) in [6.07, 6.45) is 0. The van der Waals surface area contributed by atoms with E-state index < -0.39 is 0 Å². The van der Waals surface area contributed by atoms with Crippen molar-refractivity contribution < 1.29 is 33.0 Å². The molecule has 0 saturated heterocycles. The molecule has 0 saturated carbocycles. The molecule has 0 atom stereocenters. The summed E-state index contributed by atoms with van der Waals surface area (Å²) < 4.78 is 0. The van der Waals surface area contributed by atoms with Crippen LogP contribution in [0, 0.1) is 0 Å². The first-order valence-electron chi connectivity index (χ1n) is 0.239. The van der Waals surface area contributed by atoms with Gasteiger partial charge < -0.3 is 0 Å². The Labute approximate surface area is 51.8 Å². The largest absolute Gasteiger partial charge is 2.00 e. The summed E-state index contributed by atoms with van der Waals surface area (Å²) in [5, 5.41) is 0. The van der Waals surface area contributed by atoms with E-state index in [0.29, 0.717) is 0 Å². The van der Waals surface area contributed by atoms with Crippen LogP contribution in [-0.4, -0.2) is 0 Å². The summed E-state index contributed by atoms with van der Waals surface area (Å²) in [6.45, 7) is 0. The topological polar surface area (TPSA) is 0 Å². The van der Waals surface area contributed by atoms with Crippen LogP contribution in [0.1, 0.15) is 0 Å². The van der Waals surface area contributed by atoms with E-state index in [1.807, 2.05) is 0 Å². The van der Waals surface area contributed by atoms with Gasteiger partial charge in [0.05, 0.1) is 0 Å². The molecule has 0 nitrogen and oxygen atoms in total. The molecule has 0 radical (unpaired) electrons. The first-order chi connectivity index (χ1) is 1.41. The predicted molar refractivity (Wildman–Crippen MR) is 11.7 cm³/mol. The van der Waals surface area contributed by atoms with Gasteiger partial charge in [-0.15, -0.1) is 0 Å². The standard InChI is InChI=1S/2ClH.Fe.Pd/h2*1H;;/q;;+2;+4/p-2. The quantitative estimate of drug-likeness (QED) is 0.554. The monoisotopic (exact) mass is 232 g/mol. The van der Waals surface area contributed by atoms with Crippen LogP contribution in [0.5, 0.6) is 0 Å². The third-order valence-corrected chi connectivity index (χ3v) is 0. The van der Waals surface area contributed by atoms with Crippen molar-refractivity contribution in [1.82, 2.24) is 0 Å². The molecule has 0 fully saturated rings. The minimum atomic E-state index is -0.106. The minimum absolute atomic E-state index is 0. The van der Waals surface area contributed by atoms with Crippen molar-refractivity contribution in [3.05, 3.63) is 0 Å². The molecule has 0 aliphatic rings. The molecule has 0 unspecified atom stereocenters. The second-order valence-electron chi connectivity index (χ2n) is 0.0452. The van der Waals surface area contributed by atoms with E-state index >= 15 is 0 Å². The van der Waals surface area contributed by atoms with E-state index in [4.69, 9.17) is 19.1 Å². The fourth-order valence-electron chi connectivity index (χ4n) is 0. The number of rotatable bonds is 0. The van der Waals surface area contributed by atoms with Crippen LogP contribution in [0.15, 0.2) is 0 Å². The molecule has 0 spiro atoms. The van der Waals surface area contributed by atoms with E-state index in [1.54, 1.807) is 0 Å². The molecule has 0 aliphatic carbocycles. The summed E-state index contributed by atoms with van der Waals surface area (Å²) >= 11 is -0.106. The van der Waals surface area contributed by atoms with Crippen LogP contribution < -0.4 is 0 Å². The second-order valence-corrected chi connectivity index (χ2v) is 2.41. The Morgan fingerprint density at radius 3 is 1.25 bits per heavy atom. The van der Waals surface area contributed by atoms with Gasteiger partial charge in [0.25, 0.3) is 0 Å². The SMILES string of the molecule is [Cl][Pd+2][Cl].[Fe+2]. The molecule has 0 heterocycles. The average Bonchev–Trinajstić information content (AvgIpc) is 0.918. The summed E-state index contributed by atoms with van der Waals surface area (Å²) in [6, 6.07) is 0. The van der Waals surface area contributed by atoms with Crippen LogP contribution in [0.25, 0.3) is 0 Å². The molecule has 0 aromatic carbocycles. The number of halogens is 2. The maximum absolute atomic E-state index is 4.81. The van der Waals surface area contributed by atoms with Gasteiger partial charge in [0, 0.05) is 0 Å². The zero-order chi connectivity index (χ0) is 2.71. The summed E-state index contributed by atoms with van der Waals surface area (Å²) in [5.41, 5.74) is 0. The van der Waals surface area contributed by atoms with Gasteiger partial charge in [-0.3, -0.25) is 0 Å². The van der Waals surface area contributed by atoms with Crippen molar-refractivity contribution in [2.24, 2.45) is 0 Å². The van der Waals surface area contributed by atoms with Crippen LogP contribution in [0.3, 0.4) is 0 Å². The Morgan fingerprint density at radius 1 is 1.25 bits per heavy atom. The molecule has 0 N–H and O–H groups in total. The molecule has 0 bridgehead atoms. The van der Waals surface area contributed by atoms with Crippen molar-refractivity contribution in [3.63, 3.8) is 0 Å². The van der Waals surface area contributed by atoms with Crippen LogP contribution in [-0.2, 0) is 33.0 Å². The predicted octanol–water partition coefficient (Wildman–Crippen LogP) is 1.37. The number of hydrogen-bond acceptors (Lipinski definition) is 0. The van der Waals surface area contributed by atoms with Gasteiger partial charge in [0.1, 0.15) is 0 Å². The number of hydrogen-bond donors (Lipinski definition) is 0. The van der Waals surface area contributed by atoms with E-state index in [2.05, 4.69) is 0 Å². The van der Waals surface area contributed by atoms with Crippen LogP contribution in [0.2, 0.25) is 0 Å². The second kappa shape index (κ2) is 8.83. The third-order valence-electron chi connectivity index (χ3n) is 0. The van der Waals surface area contributed by atoms with Crippen molar-refractivity contribution in [3.8, 4) is 0 Å². The summed E-state index contributed by atoms with van der Waals surface area (Å²) in [7, 11) is 9.63. The Hall–Kier alpha value is 1.76. The molecular weight excluding hydrogens is 233 g/mol. The van der Waals surface area contributed by atoms with E-state index in [9.17, 15) is 0 Å². The van der Waals surface area contributed by atoms with E-state index in [-0.39, 0.29) is 33.0 Å². The molecule has 4 heavy (non-hydrogen) atoms. The molecular formula is Cl2FePd+4. The Bertz CT molecular complexity index is 6.00. The van der Waals surface area contributed by atoms with Crippen LogP contribution in [0.4, 0.5) is 0 Å². The van der Waals surface area contributed by atoms with Gasteiger partial charge in [0.2, 0.25) is 0 Å². The first kappa shape index (κ1) is 9.23. The summed E-state index contributed by atoms with van der Waals surface area (Å²) in [4.78, 5) is 0. The Morgan fingerprint density at radius 2 is 1.25 bits per heavy atom. The Balaban J connectivity index is 0. The molecule has 28 valence electrons. The molecule has 4 heteroatoms. The zero-order valence-electron chi connectivity index (χ0n) is 1.43. The maximum atomic E-state index is 4.81. The summed E-state index contributed by atoms with van der Waals surface area (Å²) in [5.74, 6) is 0. The fourth-order valence-corrected chi connectivity index (χ4v) is 0. The minimum Gasteiger partial charge on any atom is 2.00 e. The van der Waals surface area contributed by atoms with Gasteiger partial charge in [-0.1, -0.05) is 0 Å². The molecule has 0 amide bonds.